The van der Waals surface area contributed by atoms with E-state index in [-0.39, 0.29) is 23.8 Å². The fourth-order valence-electron chi connectivity index (χ4n) is 3.15. The Hall–Kier alpha value is -2.20. The summed E-state index contributed by atoms with van der Waals surface area (Å²) >= 11 is 2.60. The second-order valence-corrected chi connectivity index (χ2v) is 8.98. The number of amides is 1. The first-order valence-corrected chi connectivity index (χ1v) is 11.4. The molecule has 10 heteroatoms. The van der Waals surface area contributed by atoms with Crippen LogP contribution in [0.2, 0.25) is 0 Å². The van der Waals surface area contributed by atoms with E-state index in [1.165, 1.54) is 11.3 Å². The molecule has 0 saturated heterocycles. The number of fused-ring (bicyclic) bond motifs is 1. The summed E-state index contributed by atoms with van der Waals surface area (Å²) in [6, 6.07) is 0. The first-order valence-electron chi connectivity index (χ1n) is 9.67. The van der Waals surface area contributed by atoms with Gasteiger partial charge in [0.2, 0.25) is 5.91 Å². The number of aromatic amines is 1. The number of thioether (sulfide) groups is 1. The van der Waals surface area contributed by atoms with E-state index in [0.717, 1.165) is 47.9 Å². The van der Waals surface area contributed by atoms with Gasteiger partial charge < -0.3 is 10.1 Å². The molecule has 1 unspecified atom stereocenters. The van der Waals surface area contributed by atoms with Crippen LogP contribution in [0.1, 0.15) is 59.6 Å². The molecule has 1 amide bonds. The van der Waals surface area contributed by atoms with E-state index in [2.05, 4.69) is 20.5 Å². The number of rotatable bonds is 7. The first-order chi connectivity index (χ1) is 13.9. The number of hydrogen-bond acceptors (Lipinski definition) is 8. The Morgan fingerprint density at radius 3 is 2.72 bits per heavy atom. The lowest BCUT2D eigenvalue weighted by atomic mass is 9.95. The van der Waals surface area contributed by atoms with E-state index in [0.29, 0.717) is 22.1 Å². The van der Waals surface area contributed by atoms with Crippen molar-refractivity contribution in [1.82, 2.24) is 15.2 Å². The molecule has 0 radical (unpaired) electrons. The van der Waals surface area contributed by atoms with Crippen LogP contribution in [0.4, 0.5) is 5.00 Å². The van der Waals surface area contributed by atoms with Gasteiger partial charge in [0, 0.05) is 4.88 Å². The van der Waals surface area contributed by atoms with E-state index in [4.69, 9.17) is 4.74 Å². The van der Waals surface area contributed by atoms with Gasteiger partial charge in [0.15, 0.2) is 5.16 Å². The van der Waals surface area contributed by atoms with Crippen molar-refractivity contribution in [2.24, 2.45) is 0 Å². The molecule has 0 saturated carbocycles. The van der Waals surface area contributed by atoms with Gasteiger partial charge in [-0.2, -0.15) is 0 Å². The maximum Gasteiger partial charge on any atom is 0.341 e. The highest BCUT2D eigenvalue weighted by molar-refractivity contribution is 8.00. The molecule has 2 aromatic rings. The van der Waals surface area contributed by atoms with Gasteiger partial charge in [0.05, 0.1) is 17.4 Å². The summed E-state index contributed by atoms with van der Waals surface area (Å²) in [6.07, 6.45) is 4.36. The summed E-state index contributed by atoms with van der Waals surface area (Å²) in [5.74, 6) is -0.637. The second-order valence-electron chi connectivity index (χ2n) is 6.68. The highest BCUT2D eigenvalue weighted by Crippen LogP contribution is 2.39. The van der Waals surface area contributed by atoms with Crippen molar-refractivity contribution in [1.29, 1.82) is 0 Å². The summed E-state index contributed by atoms with van der Waals surface area (Å²) in [5, 5.41) is 11.0. The molecule has 2 aromatic heterocycles. The molecule has 8 nitrogen and oxygen atoms in total. The zero-order valence-corrected chi connectivity index (χ0v) is 18.3. The number of hydrogen-bond donors (Lipinski definition) is 2. The number of carbonyl (C=O) groups excluding carboxylic acids is 2. The third-order valence-corrected chi connectivity index (χ3v) is 7.09. The summed E-state index contributed by atoms with van der Waals surface area (Å²) in [6.45, 7) is 5.49. The summed E-state index contributed by atoms with van der Waals surface area (Å²) < 4.78 is 5.23. The van der Waals surface area contributed by atoms with Gasteiger partial charge in [0.25, 0.3) is 5.56 Å². The fourth-order valence-corrected chi connectivity index (χ4v) is 5.28. The van der Waals surface area contributed by atoms with Crippen molar-refractivity contribution >= 4 is 40.0 Å². The molecule has 29 heavy (non-hydrogen) atoms. The van der Waals surface area contributed by atoms with Crippen molar-refractivity contribution in [3.63, 3.8) is 0 Å². The predicted octanol–water partition coefficient (Wildman–Crippen LogP) is 3.10. The lowest BCUT2D eigenvalue weighted by molar-refractivity contribution is -0.115. The van der Waals surface area contributed by atoms with Crippen molar-refractivity contribution < 1.29 is 14.3 Å². The Bertz CT molecular complexity index is 970. The molecule has 1 aliphatic rings. The number of anilines is 1. The van der Waals surface area contributed by atoms with Crippen molar-refractivity contribution in [2.45, 2.75) is 63.3 Å². The monoisotopic (exact) mass is 436 g/mol. The molecule has 0 aromatic carbocycles. The molecule has 2 N–H and O–H groups in total. The van der Waals surface area contributed by atoms with Gasteiger partial charge in [-0.25, -0.2) is 4.79 Å². The van der Waals surface area contributed by atoms with Crippen LogP contribution in [-0.4, -0.2) is 38.9 Å². The van der Waals surface area contributed by atoms with Crippen LogP contribution in [0, 0.1) is 6.92 Å². The normalized spacial score (nSPS) is 14.2. The van der Waals surface area contributed by atoms with E-state index < -0.39 is 11.2 Å². The van der Waals surface area contributed by atoms with Crippen LogP contribution in [0.25, 0.3) is 0 Å². The zero-order chi connectivity index (χ0) is 21.0. The van der Waals surface area contributed by atoms with Gasteiger partial charge in [-0.05, 0) is 51.5 Å². The third-order valence-electron chi connectivity index (χ3n) is 4.64. The minimum atomic E-state index is -0.489. The second kappa shape index (κ2) is 9.53. The number of ether oxygens (including phenoxy) is 1. The summed E-state index contributed by atoms with van der Waals surface area (Å²) in [4.78, 5) is 41.0. The molecule has 0 spiro atoms. The minimum absolute atomic E-state index is 0.245. The van der Waals surface area contributed by atoms with Crippen LogP contribution in [0.5, 0.6) is 0 Å². The zero-order valence-electron chi connectivity index (χ0n) is 16.7. The van der Waals surface area contributed by atoms with Crippen molar-refractivity contribution in [3.05, 3.63) is 32.1 Å². The lowest BCUT2D eigenvalue weighted by Crippen LogP contribution is -2.26. The number of H-pyrrole nitrogens is 1. The average Bonchev–Trinajstić information content (AvgIpc) is 3.06. The van der Waals surface area contributed by atoms with Gasteiger partial charge in [-0.15, -0.1) is 21.5 Å². The number of carbonyl (C=O) groups is 2. The van der Waals surface area contributed by atoms with Gasteiger partial charge in [-0.3, -0.25) is 14.6 Å². The van der Waals surface area contributed by atoms with Gasteiger partial charge in [0.1, 0.15) is 10.7 Å². The lowest BCUT2D eigenvalue weighted by Gasteiger charge is -2.14. The number of aryl methyl sites for hydroxylation is 2. The smallest absolute Gasteiger partial charge is 0.341 e. The van der Waals surface area contributed by atoms with Crippen LogP contribution >= 0.6 is 23.1 Å². The minimum Gasteiger partial charge on any atom is -0.462 e. The van der Waals surface area contributed by atoms with Crippen molar-refractivity contribution in [2.75, 3.05) is 11.9 Å². The molecule has 2 heterocycles. The van der Waals surface area contributed by atoms with Crippen LogP contribution in [0.15, 0.2) is 9.95 Å². The Labute approximate surface area is 176 Å². The van der Waals surface area contributed by atoms with E-state index in [1.807, 2.05) is 6.92 Å². The molecular formula is C19H24N4O4S2. The number of nitrogens with one attached hydrogen (secondary N) is 2. The molecule has 3 rings (SSSR count). The molecule has 0 aliphatic heterocycles. The number of thiophene rings is 1. The van der Waals surface area contributed by atoms with E-state index >= 15 is 0 Å². The van der Waals surface area contributed by atoms with E-state index in [1.54, 1.807) is 13.8 Å². The predicted molar refractivity (Wildman–Crippen MR) is 113 cm³/mol. The number of esters is 1. The third kappa shape index (κ3) is 4.87. The molecule has 1 atom stereocenters. The number of nitrogens with zero attached hydrogens (tertiary/aromatic N) is 2. The van der Waals surface area contributed by atoms with Crippen molar-refractivity contribution in [3.8, 4) is 0 Å². The first kappa shape index (κ1) is 21.5. The maximum atomic E-state index is 12.9. The molecular weight excluding hydrogens is 412 g/mol. The standard InChI is InChI=1S/C19H24N4O4S2/c1-4-12(29-19-21-15(24)10(3)22-23-19)16(25)20-17-14(18(26)27-5-2)11-8-6-7-9-13(11)28-17/h12H,4-9H2,1-3H3,(H,20,25)(H,21,23,24). The Morgan fingerprint density at radius 2 is 2.03 bits per heavy atom. The fraction of sp³-hybridized carbons (Fsp3) is 0.526. The number of aromatic nitrogens is 3. The average molecular weight is 437 g/mol. The highest BCUT2D eigenvalue weighted by atomic mass is 32.2. The van der Waals surface area contributed by atoms with Gasteiger partial charge in [-0.1, -0.05) is 18.7 Å². The molecule has 0 bridgehead atoms. The van der Waals surface area contributed by atoms with Gasteiger partial charge >= 0.3 is 5.97 Å². The Balaban J connectivity index is 1.82. The molecule has 156 valence electrons. The Kier molecular flexibility index (Phi) is 7.07. The Morgan fingerprint density at radius 1 is 1.28 bits per heavy atom. The highest BCUT2D eigenvalue weighted by Gasteiger charge is 2.29. The maximum absolute atomic E-state index is 12.9. The van der Waals surface area contributed by atoms with Crippen LogP contribution in [-0.2, 0) is 22.4 Å². The topological polar surface area (TPSA) is 114 Å². The summed E-state index contributed by atoms with van der Waals surface area (Å²) in [7, 11) is 0. The molecule has 0 fully saturated rings. The largest absolute Gasteiger partial charge is 0.462 e. The van der Waals surface area contributed by atoms with Crippen LogP contribution < -0.4 is 10.9 Å². The van der Waals surface area contributed by atoms with E-state index in [9.17, 15) is 14.4 Å². The van der Waals surface area contributed by atoms with Crippen LogP contribution in [0.3, 0.4) is 0 Å². The molecule has 1 aliphatic carbocycles. The quantitative estimate of drug-likeness (QED) is 0.506. The summed E-state index contributed by atoms with van der Waals surface area (Å²) in [5.41, 5.74) is 1.44. The SMILES string of the molecule is CCOC(=O)c1c(NC(=O)C(CC)Sc2nnc(C)c(=O)[nH]2)sc2c1CCCC2.